The van der Waals surface area contributed by atoms with Crippen molar-refractivity contribution in [2.45, 2.75) is 18.9 Å². The second-order valence-corrected chi connectivity index (χ2v) is 6.02. The number of Topliss-reactive ketones (excluding diaryl/α,β-unsaturated/α-hetero) is 1. The molecule has 7 heteroatoms. The summed E-state index contributed by atoms with van der Waals surface area (Å²) < 4.78 is 5.71. The summed E-state index contributed by atoms with van der Waals surface area (Å²) in [6, 6.07) is 5.05. The number of nitrogens with zero attached hydrogens (tertiary/aromatic N) is 1. The van der Waals surface area contributed by atoms with Crippen molar-refractivity contribution in [2.24, 2.45) is 5.92 Å². The highest BCUT2D eigenvalue weighted by Gasteiger charge is 2.28. The smallest absolute Gasteiger partial charge is 0.251 e. The second kappa shape index (κ2) is 8.12. The maximum absolute atomic E-state index is 12.1. The summed E-state index contributed by atoms with van der Waals surface area (Å²) in [6.07, 6.45) is 0.402. The van der Waals surface area contributed by atoms with Gasteiger partial charge in [0.25, 0.3) is 5.91 Å². The maximum atomic E-state index is 12.1. The summed E-state index contributed by atoms with van der Waals surface area (Å²) in [6.45, 7) is -0.0490. The Bertz CT molecular complexity index is 601. The van der Waals surface area contributed by atoms with Crippen LogP contribution in [0, 0.1) is 5.92 Å². The number of ether oxygens (including phenoxy) is 1. The number of aliphatic hydroxyl groups is 2. The summed E-state index contributed by atoms with van der Waals surface area (Å²) in [5, 5.41) is 20.7. The lowest BCUT2D eigenvalue weighted by Crippen LogP contribution is -2.42. The van der Waals surface area contributed by atoms with Gasteiger partial charge in [-0.2, -0.15) is 0 Å². The van der Waals surface area contributed by atoms with Crippen LogP contribution >= 0.6 is 0 Å². The van der Waals surface area contributed by atoms with Crippen molar-refractivity contribution in [3.8, 4) is 5.75 Å². The number of ketones is 1. The first-order valence-corrected chi connectivity index (χ1v) is 7.95. The van der Waals surface area contributed by atoms with Crippen LogP contribution in [0.5, 0.6) is 5.75 Å². The van der Waals surface area contributed by atoms with Crippen molar-refractivity contribution in [1.29, 1.82) is 0 Å². The zero-order valence-corrected chi connectivity index (χ0v) is 14.0. The molecule has 1 aromatic rings. The fourth-order valence-corrected chi connectivity index (χ4v) is 2.75. The minimum absolute atomic E-state index is 0.0329. The van der Waals surface area contributed by atoms with Gasteiger partial charge in [0.2, 0.25) is 0 Å². The first-order chi connectivity index (χ1) is 11.5. The van der Waals surface area contributed by atoms with Gasteiger partial charge in [0.05, 0.1) is 11.7 Å². The lowest BCUT2D eigenvalue weighted by atomic mass is 9.98. The molecule has 0 saturated heterocycles. The maximum Gasteiger partial charge on any atom is 0.251 e. The van der Waals surface area contributed by atoms with E-state index < -0.39 is 5.92 Å². The van der Waals surface area contributed by atoms with Gasteiger partial charge in [-0.15, -0.1) is 0 Å². The zero-order chi connectivity index (χ0) is 17.7. The number of hydrogen-bond donors (Lipinski definition) is 3. The molecule has 2 rings (SSSR count). The van der Waals surface area contributed by atoms with E-state index in [-0.39, 0.29) is 43.8 Å². The minimum atomic E-state index is -0.417. The third-order valence-corrected chi connectivity index (χ3v) is 4.30. The molecule has 24 heavy (non-hydrogen) atoms. The number of amides is 1. The van der Waals surface area contributed by atoms with Gasteiger partial charge >= 0.3 is 0 Å². The molecule has 0 aliphatic carbocycles. The number of benzene rings is 1. The normalized spacial score (nSPS) is 16.5. The summed E-state index contributed by atoms with van der Waals surface area (Å²) >= 11 is 0. The van der Waals surface area contributed by atoms with E-state index in [1.807, 2.05) is 11.9 Å². The molecular weight excluding hydrogens is 312 g/mol. The molecule has 0 spiro atoms. The quantitative estimate of drug-likeness (QED) is 0.658. The Morgan fingerprint density at radius 2 is 2.08 bits per heavy atom. The molecule has 1 aliphatic rings. The van der Waals surface area contributed by atoms with Gasteiger partial charge in [-0.25, -0.2) is 0 Å². The monoisotopic (exact) mass is 336 g/mol. The first kappa shape index (κ1) is 18.2. The van der Waals surface area contributed by atoms with Crippen LogP contribution < -0.4 is 15.0 Å². The van der Waals surface area contributed by atoms with Crippen LogP contribution in [-0.2, 0) is 4.79 Å². The molecule has 1 atom stereocenters. The molecule has 0 radical (unpaired) electrons. The van der Waals surface area contributed by atoms with E-state index in [9.17, 15) is 9.59 Å². The van der Waals surface area contributed by atoms with Crippen LogP contribution in [0.3, 0.4) is 0 Å². The fourth-order valence-electron chi connectivity index (χ4n) is 2.75. The molecular formula is C17H24N2O5. The molecule has 7 nitrogen and oxygen atoms in total. The number of hydrogen-bond acceptors (Lipinski definition) is 6. The van der Waals surface area contributed by atoms with Crippen molar-refractivity contribution < 1.29 is 24.5 Å². The largest absolute Gasteiger partial charge is 0.489 e. The number of likely N-dealkylation sites (N-methyl/N-ethyl adjacent to an activating group) is 1. The fraction of sp³-hybridized carbons (Fsp3) is 0.529. The SMILES string of the molecule is CNC(=O)c1ccc2c(c1)N(C)C(CC(=O)CC(CO)CO)CO2. The number of rotatable bonds is 7. The van der Waals surface area contributed by atoms with Crippen LogP contribution in [0.2, 0.25) is 0 Å². The number of anilines is 1. The Morgan fingerprint density at radius 3 is 2.71 bits per heavy atom. The van der Waals surface area contributed by atoms with Crippen molar-refractivity contribution in [2.75, 3.05) is 38.8 Å². The molecule has 1 unspecified atom stereocenters. The third-order valence-electron chi connectivity index (χ3n) is 4.30. The van der Waals surface area contributed by atoms with Gasteiger partial charge in [0.1, 0.15) is 18.1 Å². The molecule has 0 aromatic heterocycles. The average molecular weight is 336 g/mol. The molecule has 1 aliphatic heterocycles. The molecule has 1 aromatic carbocycles. The summed E-state index contributed by atoms with van der Waals surface area (Å²) in [4.78, 5) is 25.9. The van der Waals surface area contributed by atoms with E-state index in [2.05, 4.69) is 5.32 Å². The topological polar surface area (TPSA) is 99.1 Å². The average Bonchev–Trinajstić information content (AvgIpc) is 2.61. The predicted molar refractivity (Wildman–Crippen MR) is 89.4 cm³/mol. The van der Waals surface area contributed by atoms with Gasteiger partial charge in [-0.05, 0) is 18.2 Å². The first-order valence-electron chi connectivity index (χ1n) is 7.95. The summed E-state index contributed by atoms with van der Waals surface area (Å²) in [5.41, 5.74) is 1.29. The number of aliphatic hydroxyl groups excluding tert-OH is 2. The minimum Gasteiger partial charge on any atom is -0.489 e. The number of nitrogens with one attached hydrogen (secondary N) is 1. The molecule has 0 bridgehead atoms. The van der Waals surface area contributed by atoms with E-state index in [0.29, 0.717) is 17.9 Å². The van der Waals surface area contributed by atoms with Gasteiger partial charge in [0, 0.05) is 51.6 Å². The van der Waals surface area contributed by atoms with Crippen molar-refractivity contribution in [3.63, 3.8) is 0 Å². The van der Waals surface area contributed by atoms with Crippen molar-refractivity contribution >= 4 is 17.4 Å². The Morgan fingerprint density at radius 1 is 1.38 bits per heavy atom. The molecule has 1 amide bonds. The van der Waals surface area contributed by atoms with Crippen LogP contribution in [-0.4, -0.2) is 61.9 Å². The van der Waals surface area contributed by atoms with Gasteiger partial charge in [-0.3, -0.25) is 9.59 Å². The van der Waals surface area contributed by atoms with Crippen LogP contribution in [0.1, 0.15) is 23.2 Å². The number of carbonyl (C=O) groups is 2. The Labute approximate surface area is 141 Å². The van der Waals surface area contributed by atoms with E-state index in [4.69, 9.17) is 14.9 Å². The molecule has 1 heterocycles. The van der Waals surface area contributed by atoms with Gasteiger partial charge in [-0.1, -0.05) is 0 Å². The summed E-state index contributed by atoms with van der Waals surface area (Å²) in [7, 11) is 3.44. The number of carbonyl (C=O) groups excluding carboxylic acids is 2. The highest BCUT2D eigenvalue weighted by atomic mass is 16.5. The Hall–Kier alpha value is -2.12. The van der Waals surface area contributed by atoms with Crippen molar-refractivity contribution in [1.82, 2.24) is 5.32 Å². The van der Waals surface area contributed by atoms with Crippen LogP contribution in [0.4, 0.5) is 5.69 Å². The van der Waals surface area contributed by atoms with E-state index >= 15 is 0 Å². The lowest BCUT2D eigenvalue weighted by Gasteiger charge is -2.36. The Kier molecular flexibility index (Phi) is 6.16. The molecule has 3 N–H and O–H groups in total. The van der Waals surface area contributed by atoms with Crippen molar-refractivity contribution in [3.05, 3.63) is 23.8 Å². The second-order valence-electron chi connectivity index (χ2n) is 6.02. The highest BCUT2D eigenvalue weighted by Crippen LogP contribution is 2.34. The van der Waals surface area contributed by atoms with Gasteiger partial charge in [0.15, 0.2) is 0 Å². The third kappa shape index (κ3) is 4.04. The molecule has 132 valence electrons. The van der Waals surface area contributed by atoms with E-state index in [1.54, 1.807) is 25.2 Å². The van der Waals surface area contributed by atoms with E-state index in [1.165, 1.54) is 0 Å². The van der Waals surface area contributed by atoms with Crippen LogP contribution in [0.15, 0.2) is 18.2 Å². The number of fused-ring (bicyclic) bond motifs is 1. The van der Waals surface area contributed by atoms with Gasteiger partial charge < -0.3 is 25.2 Å². The standard InChI is InChI=1S/C17H24N2O5/c1-18-17(23)12-3-4-16-15(6-12)19(2)13(10-24-16)7-14(22)5-11(8-20)9-21/h3-4,6,11,13,20-21H,5,7-10H2,1-2H3,(H,18,23). The molecule has 0 saturated carbocycles. The predicted octanol–water partition coefficient (Wildman–Crippen LogP) is 0.194. The Balaban J connectivity index is 2.09. The summed E-state index contributed by atoms with van der Waals surface area (Å²) in [5.74, 6) is 0.0458. The zero-order valence-electron chi connectivity index (χ0n) is 14.0. The molecule has 0 fully saturated rings. The lowest BCUT2D eigenvalue weighted by molar-refractivity contribution is -0.121. The van der Waals surface area contributed by atoms with Crippen LogP contribution in [0.25, 0.3) is 0 Å². The highest BCUT2D eigenvalue weighted by molar-refractivity contribution is 5.95. The van der Waals surface area contributed by atoms with E-state index in [0.717, 1.165) is 5.69 Å².